The van der Waals surface area contributed by atoms with Gasteiger partial charge in [0.1, 0.15) is 16.7 Å². The molecule has 0 unspecified atom stereocenters. The smallest absolute Gasteiger partial charge is 0.303 e. The van der Waals surface area contributed by atoms with Crippen molar-refractivity contribution in [3.8, 4) is 5.75 Å². The third kappa shape index (κ3) is 4.96. The molecular formula is C24H21ClFN3O4. The van der Waals surface area contributed by atoms with Crippen LogP contribution in [0, 0.1) is 5.82 Å². The van der Waals surface area contributed by atoms with Gasteiger partial charge in [0.15, 0.2) is 0 Å². The third-order valence-corrected chi connectivity index (χ3v) is 5.64. The number of carboxylic acid groups (broad SMARTS) is 1. The van der Waals surface area contributed by atoms with Gasteiger partial charge in [0.2, 0.25) is 5.91 Å². The zero-order chi connectivity index (χ0) is 23.5. The average Bonchev–Trinajstić information content (AvgIpc) is 3.23. The molecule has 2 aromatic carbocycles. The number of rotatable bonds is 7. The maximum absolute atomic E-state index is 13.4. The molecule has 0 spiro atoms. The number of hydrogen-bond acceptors (Lipinski definition) is 5. The Kier molecular flexibility index (Phi) is 6.55. The maximum Gasteiger partial charge on any atom is 0.303 e. The second-order valence-electron chi connectivity index (χ2n) is 7.56. The first kappa shape index (κ1) is 22.7. The van der Waals surface area contributed by atoms with Gasteiger partial charge in [0, 0.05) is 23.8 Å². The molecule has 3 aromatic rings. The Hall–Kier alpha value is -3.52. The van der Waals surface area contributed by atoms with E-state index in [-0.39, 0.29) is 23.8 Å². The summed E-state index contributed by atoms with van der Waals surface area (Å²) >= 11 is 6.52. The molecule has 1 aliphatic heterocycles. The topological polar surface area (TPSA) is 92.1 Å². The standard InChI is InChI=1S/C24H21ClFN3O4/c1-2-33-17-7-8-19-15(11-17)12-18(24(25)27-19)21-13-20(14-3-5-16(26)6-4-14)28-29(21)22(30)9-10-23(31)32/h3-8,11-12,21H,2,9-10,13H2,1H3,(H,31,32)/t21-/m1/s1. The van der Waals surface area contributed by atoms with Crippen molar-refractivity contribution in [2.45, 2.75) is 32.2 Å². The molecule has 0 saturated heterocycles. The Morgan fingerprint density at radius 1 is 1.18 bits per heavy atom. The summed E-state index contributed by atoms with van der Waals surface area (Å²) in [5, 5.41) is 15.7. The molecule has 0 fully saturated rings. The second kappa shape index (κ2) is 9.54. The molecule has 1 N–H and O–H groups in total. The molecule has 0 radical (unpaired) electrons. The summed E-state index contributed by atoms with van der Waals surface area (Å²) in [6, 6.07) is 12.5. The van der Waals surface area contributed by atoms with Gasteiger partial charge < -0.3 is 9.84 Å². The van der Waals surface area contributed by atoms with Crippen molar-refractivity contribution >= 4 is 40.1 Å². The number of hydrogen-bond donors (Lipinski definition) is 1. The summed E-state index contributed by atoms with van der Waals surface area (Å²) in [7, 11) is 0. The van der Waals surface area contributed by atoms with E-state index >= 15 is 0 Å². The Morgan fingerprint density at radius 2 is 1.94 bits per heavy atom. The highest BCUT2D eigenvalue weighted by Crippen LogP contribution is 2.38. The Morgan fingerprint density at radius 3 is 2.64 bits per heavy atom. The Labute approximate surface area is 194 Å². The molecule has 1 amide bonds. The quantitative estimate of drug-likeness (QED) is 0.493. The van der Waals surface area contributed by atoms with Crippen LogP contribution in [0.25, 0.3) is 10.9 Å². The molecule has 4 rings (SSSR count). The Bertz CT molecular complexity index is 1250. The molecule has 1 aliphatic rings. The number of halogens is 2. The highest BCUT2D eigenvalue weighted by molar-refractivity contribution is 6.30. The summed E-state index contributed by atoms with van der Waals surface area (Å²) < 4.78 is 19.0. The van der Waals surface area contributed by atoms with E-state index in [0.29, 0.717) is 41.1 Å². The normalized spacial score (nSPS) is 15.5. The number of amides is 1. The van der Waals surface area contributed by atoms with Crippen LogP contribution in [0.3, 0.4) is 0 Å². The summed E-state index contributed by atoms with van der Waals surface area (Å²) in [6.45, 7) is 2.41. The molecule has 9 heteroatoms. The van der Waals surface area contributed by atoms with E-state index in [9.17, 15) is 14.0 Å². The van der Waals surface area contributed by atoms with Gasteiger partial charge in [0.25, 0.3) is 0 Å². The summed E-state index contributed by atoms with van der Waals surface area (Å²) in [4.78, 5) is 28.4. The highest BCUT2D eigenvalue weighted by atomic mass is 35.5. The lowest BCUT2D eigenvalue weighted by Gasteiger charge is -2.23. The third-order valence-electron chi connectivity index (χ3n) is 5.33. The summed E-state index contributed by atoms with van der Waals surface area (Å²) in [6.07, 6.45) is -0.202. The van der Waals surface area contributed by atoms with Gasteiger partial charge in [-0.3, -0.25) is 9.59 Å². The van der Waals surface area contributed by atoms with Gasteiger partial charge in [-0.05, 0) is 48.9 Å². The van der Waals surface area contributed by atoms with Crippen LogP contribution in [0.4, 0.5) is 4.39 Å². The molecule has 1 aromatic heterocycles. The van der Waals surface area contributed by atoms with Crippen LogP contribution in [0.15, 0.2) is 53.6 Å². The van der Waals surface area contributed by atoms with Crippen LogP contribution in [0.1, 0.15) is 43.4 Å². The Balaban J connectivity index is 1.73. The monoisotopic (exact) mass is 469 g/mol. The minimum absolute atomic E-state index is 0.209. The zero-order valence-corrected chi connectivity index (χ0v) is 18.6. The summed E-state index contributed by atoms with van der Waals surface area (Å²) in [5.41, 5.74) is 2.50. The van der Waals surface area contributed by atoms with E-state index in [0.717, 1.165) is 5.39 Å². The van der Waals surface area contributed by atoms with Crippen molar-refractivity contribution in [3.05, 3.63) is 70.6 Å². The van der Waals surface area contributed by atoms with Crippen molar-refractivity contribution in [3.63, 3.8) is 0 Å². The predicted molar refractivity (Wildman–Crippen MR) is 122 cm³/mol. The zero-order valence-electron chi connectivity index (χ0n) is 17.8. The highest BCUT2D eigenvalue weighted by Gasteiger charge is 2.35. The number of pyridine rings is 1. The number of carboxylic acids is 1. The number of benzene rings is 2. The van der Waals surface area contributed by atoms with E-state index < -0.39 is 17.9 Å². The molecule has 33 heavy (non-hydrogen) atoms. The van der Waals surface area contributed by atoms with Gasteiger partial charge in [-0.15, -0.1) is 0 Å². The van der Waals surface area contributed by atoms with Gasteiger partial charge in [-0.1, -0.05) is 23.7 Å². The van der Waals surface area contributed by atoms with E-state index in [4.69, 9.17) is 21.4 Å². The number of ether oxygens (including phenoxy) is 1. The van der Waals surface area contributed by atoms with Crippen molar-refractivity contribution in [1.29, 1.82) is 0 Å². The maximum atomic E-state index is 13.4. The number of hydrazone groups is 1. The van der Waals surface area contributed by atoms with Crippen molar-refractivity contribution in [2.24, 2.45) is 5.10 Å². The van der Waals surface area contributed by atoms with Gasteiger partial charge in [-0.25, -0.2) is 14.4 Å². The van der Waals surface area contributed by atoms with Crippen molar-refractivity contribution < 1.29 is 23.8 Å². The largest absolute Gasteiger partial charge is 0.494 e. The fraction of sp³-hybridized carbons (Fsp3) is 0.250. The van der Waals surface area contributed by atoms with Gasteiger partial charge in [0.05, 0.1) is 30.3 Å². The van der Waals surface area contributed by atoms with Crippen LogP contribution in [0.5, 0.6) is 5.75 Å². The van der Waals surface area contributed by atoms with Gasteiger partial charge in [-0.2, -0.15) is 5.10 Å². The van der Waals surface area contributed by atoms with Crippen LogP contribution < -0.4 is 4.74 Å². The van der Waals surface area contributed by atoms with E-state index in [1.165, 1.54) is 17.1 Å². The first-order valence-electron chi connectivity index (χ1n) is 10.5. The van der Waals surface area contributed by atoms with Crippen molar-refractivity contribution in [2.75, 3.05) is 6.61 Å². The second-order valence-corrected chi connectivity index (χ2v) is 7.92. The minimum Gasteiger partial charge on any atom is -0.494 e. The predicted octanol–water partition coefficient (Wildman–Crippen LogP) is 4.97. The van der Waals surface area contributed by atoms with Crippen LogP contribution in [0.2, 0.25) is 5.15 Å². The van der Waals surface area contributed by atoms with Crippen LogP contribution in [-0.4, -0.2) is 39.3 Å². The minimum atomic E-state index is -1.07. The molecule has 0 aliphatic carbocycles. The summed E-state index contributed by atoms with van der Waals surface area (Å²) in [5.74, 6) is -1.21. The van der Waals surface area contributed by atoms with Crippen LogP contribution >= 0.6 is 11.6 Å². The van der Waals surface area contributed by atoms with Crippen molar-refractivity contribution in [1.82, 2.24) is 9.99 Å². The molecule has 2 heterocycles. The number of nitrogens with zero attached hydrogens (tertiary/aromatic N) is 3. The number of carbonyl (C=O) groups excluding carboxylic acids is 1. The van der Waals surface area contributed by atoms with Crippen LogP contribution in [-0.2, 0) is 9.59 Å². The lowest BCUT2D eigenvalue weighted by Crippen LogP contribution is -2.27. The fourth-order valence-electron chi connectivity index (χ4n) is 3.77. The van der Waals surface area contributed by atoms with Gasteiger partial charge >= 0.3 is 5.97 Å². The molecule has 1 atom stereocenters. The number of aromatic nitrogens is 1. The van der Waals surface area contributed by atoms with E-state index in [2.05, 4.69) is 10.1 Å². The fourth-order valence-corrected chi connectivity index (χ4v) is 4.04. The molecule has 0 saturated carbocycles. The number of aliphatic carboxylic acids is 1. The number of carbonyl (C=O) groups is 2. The van der Waals surface area contributed by atoms with E-state index in [1.807, 2.05) is 25.1 Å². The first-order chi connectivity index (χ1) is 15.9. The SMILES string of the molecule is CCOc1ccc2nc(Cl)c([C@H]3CC(c4ccc(F)cc4)=NN3C(=O)CCC(=O)O)cc2c1. The average molecular weight is 470 g/mol. The molecule has 7 nitrogen and oxygen atoms in total. The molecule has 170 valence electrons. The molecular weight excluding hydrogens is 449 g/mol. The molecule has 0 bridgehead atoms. The lowest BCUT2D eigenvalue weighted by molar-refractivity contribution is -0.141. The first-order valence-corrected chi connectivity index (χ1v) is 10.8. The van der Waals surface area contributed by atoms with E-state index in [1.54, 1.807) is 18.2 Å². The number of fused-ring (bicyclic) bond motifs is 1. The lowest BCUT2D eigenvalue weighted by atomic mass is 9.98.